The molecule has 150 valence electrons. The van der Waals surface area contributed by atoms with Crippen LogP contribution in [0.5, 0.6) is 0 Å². The zero-order chi connectivity index (χ0) is 19.3. The number of hydrogen-bond donors (Lipinski definition) is 2. The smallest absolute Gasteiger partial charge is 0.225 e. The van der Waals surface area contributed by atoms with E-state index in [1.54, 1.807) is 0 Å². The Bertz CT molecular complexity index is 635. The van der Waals surface area contributed by atoms with Crippen molar-refractivity contribution in [1.29, 1.82) is 0 Å². The van der Waals surface area contributed by atoms with Crippen molar-refractivity contribution >= 4 is 23.2 Å². The molecule has 2 N–H and O–H groups in total. The number of rotatable bonds is 5. The standard InChI is InChI=1S/C21H34N4OS/c1-16(2)19(26)25-12-9-17(14-25)24-20(22-3)23-15-21(10-5-4-6-11-21)18-8-7-13-27-18/h7-8,13,16-17H,4-6,9-12,14-15H2,1-3H3,(H2,22,23,24). The molecule has 1 aliphatic heterocycles. The van der Waals surface area contributed by atoms with Crippen LogP contribution in [-0.2, 0) is 10.2 Å². The predicted molar refractivity (Wildman–Crippen MR) is 113 cm³/mol. The molecule has 1 atom stereocenters. The number of hydrogen-bond acceptors (Lipinski definition) is 3. The van der Waals surface area contributed by atoms with Gasteiger partial charge in [0.15, 0.2) is 5.96 Å². The van der Waals surface area contributed by atoms with Gasteiger partial charge in [0.05, 0.1) is 0 Å². The first-order valence-corrected chi connectivity index (χ1v) is 11.2. The van der Waals surface area contributed by atoms with Gasteiger partial charge in [-0.25, -0.2) is 0 Å². The summed E-state index contributed by atoms with van der Waals surface area (Å²) in [7, 11) is 1.83. The minimum absolute atomic E-state index is 0.0677. The van der Waals surface area contributed by atoms with Crippen molar-refractivity contribution in [3.05, 3.63) is 22.4 Å². The van der Waals surface area contributed by atoms with Crippen LogP contribution in [0, 0.1) is 5.92 Å². The Morgan fingerprint density at radius 2 is 2.15 bits per heavy atom. The van der Waals surface area contributed by atoms with Crippen molar-refractivity contribution in [2.75, 3.05) is 26.7 Å². The Labute approximate surface area is 167 Å². The van der Waals surface area contributed by atoms with E-state index in [4.69, 9.17) is 0 Å². The molecule has 2 heterocycles. The molecule has 27 heavy (non-hydrogen) atoms. The third kappa shape index (κ3) is 4.84. The molecule has 2 aliphatic rings. The SMILES string of the molecule is CN=C(NCC1(c2cccs2)CCCCC1)NC1CCN(C(=O)C(C)C)C1. The summed E-state index contributed by atoms with van der Waals surface area (Å²) in [5.74, 6) is 1.18. The van der Waals surface area contributed by atoms with Gasteiger partial charge in [0, 0.05) is 48.9 Å². The summed E-state index contributed by atoms with van der Waals surface area (Å²) < 4.78 is 0. The van der Waals surface area contributed by atoms with E-state index in [1.165, 1.54) is 37.0 Å². The van der Waals surface area contributed by atoms with Crippen LogP contribution >= 0.6 is 11.3 Å². The highest BCUT2D eigenvalue weighted by Gasteiger charge is 2.35. The summed E-state index contributed by atoms with van der Waals surface area (Å²) in [5, 5.41) is 9.34. The molecule has 1 unspecified atom stereocenters. The third-order valence-corrected chi connectivity index (χ3v) is 7.12. The van der Waals surface area contributed by atoms with Crippen LogP contribution in [0.2, 0.25) is 0 Å². The normalized spacial score (nSPS) is 22.9. The number of guanidine groups is 1. The van der Waals surface area contributed by atoms with Gasteiger partial charge in [0.25, 0.3) is 0 Å². The quantitative estimate of drug-likeness (QED) is 0.599. The third-order valence-electron chi connectivity index (χ3n) is 6.01. The van der Waals surface area contributed by atoms with Gasteiger partial charge >= 0.3 is 0 Å². The Kier molecular flexibility index (Phi) is 6.79. The van der Waals surface area contributed by atoms with Crippen molar-refractivity contribution < 1.29 is 4.79 Å². The van der Waals surface area contributed by atoms with Crippen molar-refractivity contribution in [1.82, 2.24) is 15.5 Å². The van der Waals surface area contributed by atoms with E-state index in [9.17, 15) is 4.79 Å². The summed E-state index contributed by atoms with van der Waals surface area (Å²) in [6.45, 7) is 6.47. The van der Waals surface area contributed by atoms with Crippen LogP contribution in [0.15, 0.2) is 22.5 Å². The van der Waals surface area contributed by atoms with E-state index in [1.807, 2.05) is 37.1 Å². The van der Waals surface area contributed by atoms with Gasteiger partial charge in [-0.1, -0.05) is 39.2 Å². The minimum Gasteiger partial charge on any atom is -0.355 e. The first-order valence-electron chi connectivity index (χ1n) is 10.3. The Morgan fingerprint density at radius 3 is 2.78 bits per heavy atom. The number of thiophene rings is 1. The molecule has 0 aromatic carbocycles. The fraction of sp³-hybridized carbons (Fsp3) is 0.714. The number of carbonyl (C=O) groups excluding carboxylic acids is 1. The zero-order valence-electron chi connectivity index (χ0n) is 17.0. The van der Waals surface area contributed by atoms with Crippen LogP contribution in [0.4, 0.5) is 0 Å². The molecule has 1 aromatic rings. The minimum atomic E-state index is 0.0677. The van der Waals surface area contributed by atoms with Crippen LogP contribution in [0.1, 0.15) is 57.2 Å². The number of amides is 1. The Hall–Kier alpha value is -1.56. The summed E-state index contributed by atoms with van der Waals surface area (Å²) in [6.07, 6.45) is 7.44. The van der Waals surface area contributed by atoms with E-state index >= 15 is 0 Å². The monoisotopic (exact) mass is 390 g/mol. The number of nitrogens with zero attached hydrogens (tertiary/aromatic N) is 2. The fourth-order valence-corrected chi connectivity index (χ4v) is 5.39. The maximum atomic E-state index is 12.2. The van der Waals surface area contributed by atoms with E-state index in [0.29, 0.717) is 0 Å². The van der Waals surface area contributed by atoms with Crippen LogP contribution < -0.4 is 10.6 Å². The zero-order valence-corrected chi connectivity index (χ0v) is 17.8. The second-order valence-electron chi connectivity index (χ2n) is 8.31. The molecule has 6 heteroatoms. The highest BCUT2D eigenvalue weighted by molar-refractivity contribution is 7.10. The van der Waals surface area contributed by atoms with Gasteiger partial charge in [0.2, 0.25) is 5.91 Å². The van der Waals surface area contributed by atoms with Gasteiger partial charge in [-0.15, -0.1) is 11.3 Å². The van der Waals surface area contributed by atoms with Gasteiger partial charge < -0.3 is 15.5 Å². The summed E-state index contributed by atoms with van der Waals surface area (Å²) >= 11 is 1.88. The van der Waals surface area contributed by atoms with E-state index in [0.717, 1.165) is 32.0 Å². The molecule has 5 nitrogen and oxygen atoms in total. The average Bonchev–Trinajstić information content (AvgIpc) is 3.37. The van der Waals surface area contributed by atoms with Crippen molar-refractivity contribution in [2.24, 2.45) is 10.9 Å². The van der Waals surface area contributed by atoms with E-state index in [-0.39, 0.29) is 23.3 Å². The number of likely N-dealkylation sites (tertiary alicyclic amines) is 1. The molecule has 0 radical (unpaired) electrons. The topological polar surface area (TPSA) is 56.7 Å². The highest BCUT2D eigenvalue weighted by Crippen LogP contribution is 2.41. The van der Waals surface area contributed by atoms with Gasteiger partial charge in [-0.2, -0.15) is 0 Å². The van der Waals surface area contributed by atoms with Crippen molar-refractivity contribution in [3.8, 4) is 0 Å². The largest absolute Gasteiger partial charge is 0.355 e. The second-order valence-corrected chi connectivity index (χ2v) is 9.26. The van der Waals surface area contributed by atoms with Gasteiger partial charge in [0.1, 0.15) is 0 Å². The summed E-state index contributed by atoms with van der Waals surface area (Å²) in [5.41, 5.74) is 0.235. The number of carbonyl (C=O) groups is 1. The van der Waals surface area contributed by atoms with E-state index < -0.39 is 0 Å². The lowest BCUT2D eigenvalue weighted by Gasteiger charge is -2.37. The molecule has 1 saturated heterocycles. The summed E-state index contributed by atoms with van der Waals surface area (Å²) in [6, 6.07) is 4.74. The first kappa shape index (κ1) is 20.2. The van der Waals surface area contributed by atoms with E-state index in [2.05, 4.69) is 33.1 Å². The van der Waals surface area contributed by atoms with Gasteiger partial charge in [-0.3, -0.25) is 9.79 Å². The number of aliphatic imine (C=N–C) groups is 1. The van der Waals surface area contributed by atoms with Crippen LogP contribution in [0.3, 0.4) is 0 Å². The second kappa shape index (κ2) is 9.09. The molecule has 1 amide bonds. The maximum absolute atomic E-state index is 12.2. The predicted octanol–water partition coefficient (Wildman–Crippen LogP) is 3.37. The molecular weight excluding hydrogens is 356 g/mol. The Balaban J connectivity index is 1.57. The lowest BCUT2D eigenvalue weighted by atomic mass is 9.73. The molecule has 1 aromatic heterocycles. The maximum Gasteiger partial charge on any atom is 0.225 e. The first-order chi connectivity index (χ1) is 13.0. The average molecular weight is 391 g/mol. The van der Waals surface area contributed by atoms with Crippen LogP contribution in [-0.4, -0.2) is 49.5 Å². The molecule has 2 fully saturated rings. The van der Waals surface area contributed by atoms with Crippen molar-refractivity contribution in [3.63, 3.8) is 0 Å². The molecule has 3 rings (SSSR count). The van der Waals surface area contributed by atoms with Crippen molar-refractivity contribution in [2.45, 2.75) is 63.8 Å². The fourth-order valence-electron chi connectivity index (χ4n) is 4.40. The molecule has 1 saturated carbocycles. The Morgan fingerprint density at radius 1 is 1.37 bits per heavy atom. The lowest BCUT2D eigenvalue weighted by Crippen LogP contribution is -2.49. The molecular formula is C21H34N4OS. The molecule has 0 spiro atoms. The van der Waals surface area contributed by atoms with Crippen LogP contribution in [0.25, 0.3) is 0 Å². The lowest BCUT2D eigenvalue weighted by molar-refractivity contribution is -0.133. The molecule has 1 aliphatic carbocycles. The summed E-state index contributed by atoms with van der Waals surface area (Å²) in [4.78, 5) is 20.1. The number of nitrogens with one attached hydrogen (secondary N) is 2. The van der Waals surface area contributed by atoms with Gasteiger partial charge in [-0.05, 0) is 30.7 Å². The highest BCUT2D eigenvalue weighted by atomic mass is 32.1. The molecule has 0 bridgehead atoms.